The molecule has 1 saturated heterocycles. The van der Waals surface area contributed by atoms with Gasteiger partial charge in [-0.15, -0.1) is 0 Å². The van der Waals surface area contributed by atoms with E-state index >= 15 is 0 Å². The summed E-state index contributed by atoms with van der Waals surface area (Å²) in [6, 6.07) is 0.508. The second kappa shape index (κ2) is 7.07. The maximum Gasteiger partial charge on any atom is 0.187 e. The van der Waals surface area contributed by atoms with E-state index in [2.05, 4.69) is 22.2 Å². The number of thioether (sulfide) groups is 1. The molecule has 0 amide bonds. The van der Waals surface area contributed by atoms with Gasteiger partial charge in [0.05, 0.1) is 11.9 Å². The molecule has 0 saturated carbocycles. The Morgan fingerprint density at radius 3 is 2.94 bits per heavy atom. The molecule has 2 unspecified atom stereocenters. The number of aromatic nitrogens is 2. The summed E-state index contributed by atoms with van der Waals surface area (Å²) in [5, 5.41) is 4.85. The average Bonchev–Trinajstić information content (AvgIpc) is 2.40. The molecule has 1 fully saturated rings. The van der Waals surface area contributed by atoms with Crippen molar-refractivity contribution in [2.24, 2.45) is 0 Å². The molecule has 100 valence electrons. The molecule has 0 aliphatic carbocycles. The van der Waals surface area contributed by atoms with E-state index in [0.717, 1.165) is 43.3 Å². The summed E-state index contributed by atoms with van der Waals surface area (Å²) in [6.45, 7) is 6.90. The molecule has 5 heteroatoms. The lowest BCUT2D eigenvalue weighted by Gasteiger charge is -2.31. The minimum absolute atomic E-state index is 0.410. The molecule has 1 aliphatic heterocycles. The Morgan fingerprint density at radius 1 is 1.44 bits per heavy atom. The molecule has 1 aliphatic rings. The van der Waals surface area contributed by atoms with E-state index in [1.54, 1.807) is 11.8 Å². The first-order chi connectivity index (χ1) is 8.79. The van der Waals surface area contributed by atoms with Crippen LogP contribution in [0, 0.1) is 6.92 Å². The number of nitrogens with zero attached hydrogens (tertiary/aromatic N) is 2. The Labute approximate surface area is 113 Å². The molecular weight excluding hydrogens is 246 g/mol. The van der Waals surface area contributed by atoms with Gasteiger partial charge in [0, 0.05) is 25.0 Å². The first kappa shape index (κ1) is 13.8. The Morgan fingerprint density at radius 2 is 2.22 bits per heavy atom. The van der Waals surface area contributed by atoms with Crippen LogP contribution in [0.3, 0.4) is 0 Å². The van der Waals surface area contributed by atoms with Crippen molar-refractivity contribution in [3.63, 3.8) is 0 Å². The van der Waals surface area contributed by atoms with Crippen molar-refractivity contribution in [2.45, 2.75) is 43.1 Å². The number of nitrogens with one attached hydrogen (secondary N) is 1. The van der Waals surface area contributed by atoms with Crippen molar-refractivity contribution in [2.75, 3.05) is 19.8 Å². The fourth-order valence-corrected chi connectivity index (χ4v) is 3.03. The molecular formula is C13H21N3OS. The Kier molecular flexibility index (Phi) is 5.41. The van der Waals surface area contributed by atoms with Crippen molar-refractivity contribution < 1.29 is 4.74 Å². The van der Waals surface area contributed by atoms with E-state index in [1.807, 2.05) is 19.3 Å². The highest BCUT2D eigenvalue weighted by Gasteiger charge is 2.26. The summed E-state index contributed by atoms with van der Waals surface area (Å²) in [5.74, 6) is 0. The SMILES string of the molecule is CCCNC1CCOCC1Sc1ncc(C)cn1. The molecule has 1 N–H and O–H groups in total. The van der Waals surface area contributed by atoms with Crippen molar-refractivity contribution >= 4 is 11.8 Å². The summed E-state index contributed by atoms with van der Waals surface area (Å²) < 4.78 is 5.57. The first-order valence-corrected chi connectivity index (χ1v) is 7.44. The largest absolute Gasteiger partial charge is 0.380 e. The molecule has 1 aromatic rings. The van der Waals surface area contributed by atoms with Crippen LogP contribution in [0.1, 0.15) is 25.3 Å². The zero-order valence-corrected chi connectivity index (χ0v) is 11.9. The highest BCUT2D eigenvalue weighted by Crippen LogP contribution is 2.26. The lowest BCUT2D eigenvalue weighted by molar-refractivity contribution is 0.0832. The topological polar surface area (TPSA) is 47.0 Å². The van der Waals surface area contributed by atoms with Gasteiger partial charge in [-0.3, -0.25) is 0 Å². The quantitative estimate of drug-likeness (QED) is 0.827. The maximum absolute atomic E-state index is 5.57. The Balaban J connectivity index is 1.94. The van der Waals surface area contributed by atoms with Crippen molar-refractivity contribution in [1.29, 1.82) is 0 Å². The predicted molar refractivity (Wildman–Crippen MR) is 73.9 cm³/mol. The van der Waals surface area contributed by atoms with Crippen LogP contribution in [-0.2, 0) is 4.74 Å². The number of hydrogen-bond acceptors (Lipinski definition) is 5. The summed E-state index contributed by atoms with van der Waals surface area (Å²) in [4.78, 5) is 8.71. The van der Waals surface area contributed by atoms with Crippen LogP contribution in [0.5, 0.6) is 0 Å². The third-order valence-electron chi connectivity index (χ3n) is 2.97. The number of hydrogen-bond donors (Lipinski definition) is 1. The predicted octanol–water partition coefficient (Wildman–Crippen LogP) is 2.03. The molecule has 0 aromatic carbocycles. The molecule has 0 bridgehead atoms. The zero-order chi connectivity index (χ0) is 12.8. The van der Waals surface area contributed by atoms with Gasteiger partial charge in [-0.1, -0.05) is 18.7 Å². The highest BCUT2D eigenvalue weighted by molar-refractivity contribution is 7.99. The van der Waals surface area contributed by atoms with Gasteiger partial charge in [0.15, 0.2) is 5.16 Å². The number of ether oxygens (including phenoxy) is 1. The summed E-state index contributed by atoms with van der Waals surface area (Å²) in [5.41, 5.74) is 1.10. The van der Waals surface area contributed by atoms with Crippen LogP contribution >= 0.6 is 11.8 Å². The maximum atomic E-state index is 5.57. The standard InChI is InChI=1S/C13H21N3OS/c1-3-5-14-11-4-6-17-9-12(11)18-13-15-7-10(2)8-16-13/h7-8,11-12,14H,3-6,9H2,1-2H3. The van der Waals surface area contributed by atoms with Crippen molar-refractivity contribution in [3.05, 3.63) is 18.0 Å². The Bertz CT molecular complexity index is 358. The molecule has 2 rings (SSSR count). The third kappa shape index (κ3) is 3.93. The van der Waals surface area contributed by atoms with E-state index in [0.29, 0.717) is 11.3 Å². The smallest absolute Gasteiger partial charge is 0.187 e. The van der Waals surface area contributed by atoms with E-state index in [-0.39, 0.29) is 0 Å². The fourth-order valence-electron chi connectivity index (χ4n) is 1.97. The van der Waals surface area contributed by atoms with Crippen molar-refractivity contribution in [3.8, 4) is 0 Å². The zero-order valence-electron chi connectivity index (χ0n) is 11.1. The lowest BCUT2D eigenvalue weighted by atomic mass is 10.1. The molecule has 2 heterocycles. The van der Waals surface area contributed by atoms with Crippen LogP contribution in [0.2, 0.25) is 0 Å². The van der Waals surface area contributed by atoms with E-state index < -0.39 is 0 Å². The molecule has 18 heavy (non-hydrogen) atoms. The van der Waals surface area contributed by atoms with Gasteiger partial charge < -0.3 is 10.1 Å². The van der Waals surface area contributed by atoms with E-state index in [1.165, 1.54) is 0 Å². The van der Waals surface area contributed by atoms with Gasteiger partial charge in [0.1, 0.15) is 0 Å². The van der Waals surface area contributed by atoms with Crippen LogP contribution in [-0.4, -0.2) is 41.0 Å². The second-order valence-electron chi connectivity index (χ2n) is 4.62. The van der Waals surface area contributed by atoms with Gasteiger partial charge in [-0.25, -0.2) is 9.97 Å². The van der Waals surface area contributed by atoms with Gasteiger partial charge in [-0.05, 0) is 31.9 Å². The first-order valence-electron chi connectivity index (χ1n) is 6.56. The molecule has 2 atom stereocenters. The van der Waals surface area contributed by atoms with Crippen molar-refractivity contribution in [1.82, 2.24) is 15.3 Å². The summed E-state index contributed by atoms with van der Waals surface area (Å²) in [6.07, 6.45) is 5.97. The van der Waals surface area contributed by atoms with E-state index in [4.69, 9.17) is 4.74 Å². The fraction of sp³-hybridized carbons (Fsp3) is 0.692. The third-order valence-corrected chi connectivity index (χ3v) is 4.16. The molecule has 1 aromatic heterocycles. The van der Waals surface area contributed by atoms with Crippen LogP contribution in [0.25, 0.3) is 0 Å². The lowest BCUT2D eigenvalue weighted by Crippen LogP contribution is -2.45. The number of rotatable bonds is 5. The highest BCUT2D eigenvalue weighted by atomic mass is 32.2. The average molecular weight is 267 g/mol. The van der Waals surface area contributed by atoms with Crippen LogP contribution < -0.4 is 5.32 Å². The molecule has 4 nitrogen and oxygen atoms in total. The minimum Gasteiger partial charge on any atom is -0.380 e. The summed E-state index contributed by atoms with van der Waals surface area (Å²) >= 11 is 1.72. The van der Waals surface area contributed by atoms with Gasteiger partial charge in [-0.2, -0.15) is 0 Å². The Hall–Kier alpha value is -0.650. The molecule has 0 radical (unpaired) electrons. The second-order valence-corrected chi connectivity index (χ2v) is 5.83. The summed E-state index contributed by atoms with van der Waals surface area (Å²) in [7, 11) is 0. The van der Waals surface area contributed by atoms with Crippen LogP contribution in [0.15, 0.2) is 17.6 Å². The molecule has 0 spiro atoms. The van der Waals surface area contributed by atoms with Gasteiger partial charge >= 0.3 is 0 Å². The van der Waals surface area contributed by atoms with Gasteiger partial charge in [0.25, 0.3) is 0 Å². The van der Waals surface area contributed by atoms with Gasteiger partial charge in [0.2, 0.25) is 0 Å². The minimum atomic E-state index is 0.410. The van der Waals surface area contributed by atoms with E-state index in [9.17, 15) is 0 Å². The normalized spacial score (nSPS) is 24.1. The van der Waals surface area contributed by atoms with Crippen LogP contribution in [0.4, 0.5) is 0 Å². The number of aryl methyl sites for hydroxylation is 1. The monoisotopic (exact) mass is 267 g/mol.